The van der Waals surface area contributed by atoms with E-state index in [1.54, 1.807) is 0 Å². The first kappa shape index (κ1) is 24.9. The zero-order valence-electron chi connectivity index (χ0n) is 24.9. The summed E-state index contributed by atoms with van der Waals surface area (Å²) < 4.78 is 8.82. The fourth-order valence-electron chi connectivity index (χ4n) is 7.75. The van der Waals surface area contributed by atoms with Crippen LogP contribution < -0.4 is 10.4 Å². The molecule has 0 aliphatic carbocycles. The molecule has 0 bridgehead atoms. The molecule has 5 heteroatoms. The first-order valence-corrected chi connectivity index (χ1v) is 18.4. The average Bonchev–Trinajstić information content (AvgIpc) is 3.71. The van der Waals surface area contributed by atoms with Gasteiger partial charge in [0.05, 0.1) is 16.7 Å². The van der Waals surface area contributed by atoms with Crippen molar-refractivity contribution in [1.82, 2.24) is 14.5 Å². The number of hydrogen-bond donors (Lipinski definition) is 0. The lowest BCUT2D eigenvalue weighted by Gasteiger charge is -2.19. The van der Waals surface area contributed by atoms with Crippen LogP contribution in [0.5, 0.6) is 0 Å². The van der Waals surface area contributed by atoms with Crippen molar-refractivity contribution in [1.29, 1.82) is 0 Å². The number of furan rings is 1. The molecule has 1 aliphatic heterocycles. The van der Waals surface area contributed by atoms with Gasteiger partial charge in [-0.15, -0.1) is 0 Å². The molecule has 45 heavy (non-hydrogen) atoms. The van der Waals surface area contributed by atoms with Crippen LogP contribution in [0.4, 0.5) is 0 Å². The van der Waals surface area contributed by atoms with Gasteiger partial charge in [0.2, 0.25) is 5.95 Å². The molecule has 0 atom stereocenters. The van der Waals surface area contributed by atoms with Crippen molar-refractivity contribution in [2.24, 2.45) is 0 Å². The maximum absolute atomic E-state index is 6.61. The molecule has 3 aromatic heterocycles. The summed E-state index contributed by atoms with van der Waals surface area (Å²) in [6, 6.07) is 45.2. The number of nitrogens with zero attached hydrogens (tertiary/aromatic N) is 3. The van der Waals surface area contributed by atoms with Crippen molar-refractivity contribution in [3.05, 3.63) is 127 Å². The highest BCUT2D eigenvalue weighted by Crippen LogP contribution is 2.42. The van der Waals surface area contributed by atoms with E-state index >= 15 is 0 Å². The third-order valence-corrected chi connectivity index (χ3v) is 13.4. The Bertz CT molecular complexity index is 2680. The summed E-state index contributed by atoms with van der Waals surface area (Å²) in [5.74, 6) is 0.642. The third kappa shape index (κ3) is 3.25. The summed E-state index contributed by atoms with van der Waals surface area (Å²) in [5, 5.41) is 8.52. The maximum Gasteiger partial charge on any atom is 0.235 e. The molecule has 0 fully saturated rings. The van der Waals surface area contributed by atoms with Gasteiger partial charge in [0.15, 0.2) is 5.58 Å². The molecule has 4 nitrogen and oxygen atoms in total. The lowest BCUT2D eigenvalue weighted by Crippen LogP contribution is -2.49. The van der Waals surface area contributed by atoms with Crippen molar-refractivity contribution < 1.29 is 4.42 Å². The third-order valence-electron chi connectivity index (χ3n) is 9.82. The van der Waals surface area contributed by atoms with Crippen LogP contribution in [0.25, 0.3) is 83.0 Å². The number of aromatic nitrogens is 3. The van der Waals surface area contributed by atoms with E-state index in [4.69, 9.17) is 14.4 Å². The second kappa shape index (κ2) is 8.77. The fourth-order valence-corrected chi connectivity index (χ4v) is 10.8. The molecule has 10 rings (SSSR count). The van der Waals surface area contributed by atoms with Crippen LogP contribution in [-0.2, 0) is 0 Å². The predicted molar refractivity (Wildman–Crippen MR) is 189 cm³/mol. The normalized spacial score (nSPS) is 13.7. The van der Waals surface area contributed by atoms with Crippen LogP contribution in [0.2, 0.25) is 13.1 Å². The Balaban J connectivity index is 1.38. The van der Waals surface area contributed by atoms with E-state index in [2.05, 4.69) is 133 Å². The minimum atomic E-state index is -1.88. The van der Waals surface area contributed by atoms with Crippen molar-refractivity contribution in [2.45, 2.75) is 13.1 Å². The minimum Gasteiger partial charge on any atom is -0.454 e. The van der Waals surface area contributed by atoms with Crippen molar-refractivity contribution in [3.63, 3.8) is 0 Å². The van der Waals surface area contributed by atoms with Crippen LogP contribution in [0.15, 0.2) is 132 Å². The number of fused-ring (bicyclic) bond motifs is 12. The van der Waals surface area contributed by atoms with Gasteiger partial charge in [0, 0.05) is 32.5 Å². The van der Waals surface area contributed by atoms with Gasteiger partial charge < -0.3 is 4.42 Å². The van der Waals surface area contributed by atoms with Gasteiger partial charge in [-0.1, -0.05) is 116 Å². The molecular weight excluding hydrogens is 567 g/mol. The molecule has 0 unspecified atom stereocenters. The monoisotopic (exact) mass is 593 g/mol. The van der Waals surface area contributed by atoms with Crippen molar-refractivity contribution in [3.8, 4) is 28.3 Å². The lowest BCUT2D eigenvalue weighted by molar-refractivity contribution is 0.671. The van der Waals surface area contributed by atoms with Gasteiger partial charge in [0.1, 0.15) is 19.2 Å². The van der Waals surface area contributed by atoms with E-state index in [0.29, 0.717) is 5.95 Å². The Hall–Kier alpha value is -5.52. The van der Waals surface area contributed by atoms with Crippen LogP contribution in [0, 0.1) is 0 Å². The zero-order chi connectivity index (χ0) is 29.9. The highest BCUT2D eigenvalue weighted by Gasteiger charge is 2.39. The Kier molecular flexibility index (Phi) is 4.85. The Morgan fingerprint density at radius 2 is 1.33 bits per heavy atom. The molecule has 0 radical (unpaired) electrons. The molecule has 1 aliphatic rings. The second-order valence-corrected chi connectivity index (χ2v) is 16.9. The second-order valence-electron chi connectivity index (χ2n) is 12.6. The average molecular weight is 594 g/mol. The molecule has 0 saturated carbocycles. The van der Waals surface area contributed by atoms with E-state index in [9.17, 15) is 0 Å². The molecule has 0 amide bonds. The molecular formula is C40H27N3OSi. The smallest absolute Gasteiger partial charge is 0.235 e. The van der Waals surface area contributed by atoms with Gasteiger partial charge in [-0.25, -0.2) is 9.97 Å². The van der Waals surface area contributed by atoms with Crippen LogP contribution in [-0.4, -0.2) is 22.6 Å². The van der Waals surface area contributed by atoms with E-state index in [0.717, 1.165) is 65.9 Å². The summed E-state index contributed by atoms with van der Waals surface area (Å²) in [5.41, 5.74) is 9.38. The number of hydrogen-bond acceptors (Lipinski definition) is 3. The van der Waals surface area contributed by atoms with Gasteiger partial charge in [0.25, 0.3) is 0 Å². The summed E-state index contributed by atoms with van der Waals surface area (Å²) in [6.45, 7) is 4.91. The molecule has 9 aromatic rings. The largest absolute Gasteiger partial charge is 0.454 e. The minimum absolute atomic E-state index is 0.642. The molecule has 4 heterocycles. The van der Waals surface area contributed by atoms with Crippen LogP contribution in [0.3, 0.4) is 0 Å². The van der Waals surface area contributed by atoms with E-state index in [-0.39, 0.29) is 0 Å². The van der Waals surface area contributed by atoms with Gasteiger partial charge >= 0.3 is 0 Å². The Labute approximate surface area is 260 Å². The van der Waals surface area contributed by atoms with E-state index in [1.807, 2.05) is 12.1 Å². The summed E-state index contributed by atoms with van der Waals surface area (Å²) >= 11 is 0. The SMILES string of the molecule is C[Si]1(C)c2ccccc2-c2c1ccc1nc(-n3c4ccccc4c4ccc5c6ccccc6oc5c43)nc(-c3ccccc3)c21. The summed E-state index contributed by atoms with van der Waals surface area (Å²) in [6.07, 6.45) is 0. The van der Waals surface area contributed by atoms with Crippen LogP contribution >= 0.6 is 0 Å². The summed E-state index contributed by atoms with van der Waals surface area (Å²) in [4.78, 5) is 10.9. The first-order valence-electron chi connectivity index (χ1n) is 15.4. The summed E-state index contributed by atoms with van der Waals surface area (Å²) in [7, 11) is -1.88. The van der Waals surface area contributed by atoms with E-state index in [1.165, 1.54) is 21.5 Å². The van der Waals surface area contributed by atoms with Gasteiger partial charge in [-0.05, 0) is 45.8 Å². The van der Waals surface area contributed by atoms with Crippen molar-refractivity contribution >= 4 is 73.1 Å². The van der Waals surface area contributed by atoms with Gasteiger partial charge in [-0.2, -0.15) is 0 Å². The highest BCUT2D eigenvalue weighted by molar-refractivity contribution is 7.04. The topological polar surface area (TPSA) is 43.9 Å². The Morgan fingerprint density at radius 3 is 2.22 bits per heavy atom. The van der Waals surface area contributed by atoms with Crippen molar-refractivity contribution in [2.75, 3.05) is 0 Å². The number of rotatable bonds is 2. The fraction of sp³-hybridized carbons (Fsp3) is 0.0500. The van der Waals surface area contributed by atoms with Crippen LogP contribution in [0.1, 0.15) is 0 Å². The lowest BCUT2D eigenvalue weighted by atomic mass is 9.97. The maximum atomic E-state index is 6.61. The number of benzene rings is 6. The quantitative estimate of drug-likeness (QED) is 0.188. The Morgan fingerprint density at radius 1 is 0.600 bits per heavy atom. The molecule has 0 spiro atoms. The molecule has 0 saturated heterocycles. The zero-order valence-corrected chi connectivity index (χ0v) is 25.9. The predicted octanol–water partition coefficient (Wildman–Crippen LogP) is 9.10. The highest BCUT2D eigenvalue weighted by atomic mass is 28.3. The van der Waals surface area contributed by atoms with E-state index < -0.39 is 8.07 Å². The number of para-hydroxylation sites is 2. The molecule has 6 aromatic carbocycles. The standard InChI is InChI=1S/C40H27N3OSi/c1-45(2)33-19-11-8-16-29(33)35-34(45)23-22-30-36(35)37(24-12-4-3-5-13-24)42-40(41-30)43-31-17-9-6-14-25(31)27-20-21-28-26-15-7-10-18-32(26)44-39(28)38(27)43/h3-23H,1-2H3. The molecule has 0 N–H and O–H groups in total. The first-order chi connectivity index (χ1) is 22.1. The molecule has 212 valence electrons. The van der Waals surface area contributed by atoms with Gasteiger partial charge in [-0.3, -0.25) is 4.57 Å².